The van der Waals surface area contributed by atoms with Crippen molar-refractivity contribution < 1.29 is 41.8 Å². The van der Waals surface area contributed by atoms with Gasteiger partial charge in [-0.05, 0) is 60.5 Å². The minimum absolute atomic E-state index is 0.204. The maximum absolute atomic E-state index is 12.8. The number of nitrogens with one attached hydrogen (secondary N) is 1. The van der Waals surface area contributed by atoms with Crippen molar-refractivity contribution >= 4 is 17.6 Å². The van der Waals surface area contributed by atoms with Gasteiger partial charge in [0, 0.05) is 13.0 Å². The van der Waals surface area contributed by atoms with Gasteiger partial charge in [-0.3, -0.25) is 4.79 Å². The summed E-state index contributed by atoms with van der Waals surface area (Å²) in [5, 5.41) is 6.99. The van der Waals surface area contributed by atoms with Crippen LogP contribution in [0.3, 0.4) is 0 Å². The lowest BCUT2D eigenvalue weighted by Gasteiger charge is -2.11. The first-order valence-electron chi connectivity index (χ1n) is 12.1. The van der Waals surface area contributed by atoms with Crippen molar-refractivity contribution in [3.63, 3.8) is 0 Å². The van der Waals surface area contributed by atoms with Gasteiger partial charge in [-0.2, -0.15) is 13.2 Å². The Kier molecular flexibility index (Phi) is 8.82. The van der Waals surface area contributed by atoms with E-state index in [0.717, 1.165) is 16.9 Å². The minimum atomic E-state index is -5.04. The van der Waals surface area contributed by atoms with Crippen LogP contribution in [0.2, 0.25) is 0 Å². The molecule has 1 aliphatic rings. The number of ether oxygens (including phenoxy) is 3. The Morgan fingerprint density at radius 1 is 1.02 bits per heavy atom. The third-order valence-electron chi connectivity index (χ3n) is 5.71. The summed E-state index contributed by atoms with van der Waals surface area (Å²) in [5.74, 6) is -1.11. The summed E-state index contributed by atoms with van der Waals surface area (Å²) >= 11 is 0. The van der Waals surface area contributed by atoms with Crippen LogP contribution in [0, 0.1) is 6.92 Å². The van der Waals surface area contributed by atoms with E-state index in [2.05, 4.69) is 25.2 Å². The van der Waals surface area contributed by atoms with Gasteiger partial charge in [0.1, 0.15) is 36.2 Å². The van der Waals surface area contributed by atoms with Gasteiger partial charge in [-0.25, -0.2) is 14.8 Å². The van der Waals surface area contributed by atoms with Gasteiger partial charge in [0.25, 0.3) is 5.91 Å². The summed E-state index contributed by atoms with van der Waals surface area (Å²) in [6.45, 7) is 1.22. The minimum Gasteiger partial charge on any atom is -0.497 e. The normalized spacial score (nSPS) is 14.6. The standard InChI is InChI=1S/C27H25F3N4O6/c1-16-32-22(13-23(33-16)25(35)31-15-17-3-7-19(37-2)8-4-17)24-14-21(34-40-24)18-5-9-20(10-6-18)38-11-12-39-26(36)27(28,29)30/h3-10,13,24H,11-12,14-15H2,1-2H3,(H,31,35). The number of alkyl halides is 3. The van der Waals surface area contributed by atoms with Gasteiger partial charge < -0.3 is 24.4 Å². The molecule has 0 radical (unpaired) electrons. The molecule has 1 N–H and O–H groups in total. The summed E-state index contributed by atoms with van der Waals surface area (Å²) in [7, 11) is 1.58. The highest BCUT2D eigenvalue weighted by molar-refractivity contribution is 6.01. The molecule has 2 aromatic carbocycles. The molecule has 1 unspecified atom stereocenters. The summed E-state index contributed by atoms with van der Waals surface area (Å²) in [5.41, 5.74) is 2.99. The van der Waals surface area contributed by atoms with E-state index in [1.807, 2.05) is 24.3 Å². The van der Waals surface area contributed by atoms with Gasteiger partial charge in [-0.15, -0.1) is 0 Å². The van der Waals surface area contributed by atoms with Crippen LogP contribution in [0.1, 0.15) is 45.7 Å². The number of amides is 1. The van der Waals surface area contributed by atoms with E-state index in [-0.39, 0.29) is 18.2 Å². The fourth-order valence-electron chi connectivity index (χ4n) is 3.71. The number of aromatic nitrogens is 2. The van der Waals surface area contributed by atoms with Crippen LogP contribution in [0.4, 0.5) is 13.2 Å². The zero-order valence-corrected chi connectivity index (χ0v) is 21.5. The summed E-state index contributed by atoms with van der Waals surface area (Å²) in [6, 6.07) is 15.5. The number of methoxy groups -OCH3 is 1. The number of halogens is 3. The smallest absolute Gasteiger partial charge is 0.490 e. The third-order valence-corrected chi connectivity index (χ3v) is 5.71. The zero-order valence-electron chi connectivity index (χ0n) is 21.5. The van der Waals surface area contributed by atoms with Crippen LogP contribution in [0.15, 0.2) is 59.8 Å². The van der Waals surface area contributed by atoms with Gasteiger partial charge in [0.2, 0.25) is 0 Å². The number of benzene rings is 2. The lowest BCUT2D eigenvalue weighted by molar-refractivity contribution is -0.200. The second-order valence-corrected chi connectivity index (χ2v) is 8.60. The van der Waals surface area contributed by atoms with Crippen molar-refractivity contribution in [3.8, 4) is 11.5 Å². The van der Waals surface area contributed by atoms with Gasteiger partial charge in [0.05, 0.1) is 18.5 Å². The summed E-state index contributed by atoms with van der Waals surface area (Å²) in [4.78, 5) is 37.7. The first-order valence-corrected chi connectivity index (χ1v) is 12.1. The maximum Gasteiger partial charge on any atom is 0.490 e. The van der Waals surface area contributed by atoms with Crippen molar-refractivity contribution in [2.45, 2.75) is 32.2 Å². The number of carbonyl (C=O) groups is 2. The van der Waals surface area contributed by atoms with E-state index in [1.54, 1.807) is 44.4 Å². The second-order valence-electron chi connectivity index (χ2n) is 8.60. The number of aryl methyl sites for hydroxylation is 1. The highest BCUT2D eigenvalue weighted by atomic mass is 19.4. The Morgan fingerprint density at radius 3 is 2.40 bits per heavy atom. The van der Waals surface area contributed by atoms with E-state index in [4.69, 9.17) is 14.3 Å². The van der Waals surface area contributed by atoms with Gasteiger partial charge in [0.15, 0.2) is 6.10 Å². The number of hydrogen-bond acceptors (Lipinski definition) is 9. The highest BCUT2D eigenvalue weighted by Crippen LogP contribution is 2.29. The van der Waals surface area contributed by atoms with Crippen LogP contribution < -0.4 is 14.8 Å². The predicted octanol–water partition coefficient (Wildman–Crippen LogP) is 4.07. The van der Waals surface area contributed by atoms with E-state index >= 15 is 0 Å². The Balaban J connectivity index is 1.30. The molecule has 3 aromatic rings. The predicted molar refractivity (Wildman–Crippen MR) is 135 cm³/mol. The average molecular weight is 559 g/mol. The van der Waals surface area contributed by atoms with Crippen molar-refractivity contribution in [1.29, 1.82) is 0 Å². The van der Waals surface area contributed by atoms with E-state index in [9.17, 15) is 22.8 Å². The van der Waals surface area contributed by atoms with Crippen LogP contribution in [-0.2, 0) is 20.9 Å². The maximum atomic E-state index is 12.8. The molecule has 1 aromatic heterocycles. The molecule has 0 saturated heterocycles. The number of rotatable bonds is 10. The molecule has 0 bridgehead atoms. The Morgan fingerprint density at radius 2 is 1.73 bits per heavy atom. The van der Waals surface area contributed by atoms with E-state index in [1.165, 1.54) is 0 Å². The molecule has 210 valence electrons. The zero-order chi connectivity index (χ0) is 28.7. The Hall–Kier alpha value is -4.68. The summed E-state index contributed by atoms with van der Waals surface area (Å²) in [6.07, 6.45) is -5.18. The fraction of sp³-hybridized carbons (Fsp3) is 0.296. The average Bonchev–Trinajstić information content (AvgIpc) is 3.44. The SMILES string of the molecule is COc1ccc(CNC(=O)c2cc(C3CC(c4ccc(OCCOC(=O)C(F)(F)F)cc4)=NO3)nc(C)n2)cc1. The molecule has 10 nitrogen and oxygen atoms in total. The van der Waals surface area contributed by atoms with E-state index in [0.29, 0.717) is 35.9 Å². The lowest BCUT2D eigenvalue weighted by atomic mass is 10.0. The van der Waals surface area contributed by atoms with Crippen LogP contribution >= 0.6 is 0 Å². The number of oxime groups is 1. The first kappa shape index (κ1) is 28.3. The van der Waals surface area contributed by atoms with Gasteiger partial charge >= 0.3 is 12.1 Å². The summed E-state index contributed by atoms with van der Waals surface area (Å²) < 4.78 is 51.0. The van der Waals surface area contributed by atoms with E-state index < -0.39 is 24.9 Å². The molecule has 1 amide bonds. The largest absolute Gasteiger partial charge is 0.497 e. The molecule has 1 aliphatic heterocycles. The molecule has 0 fully saturated rings. The molecule has 2 heterocycles. The molecule has 0 aliphatic carbocycles. The van der Waals surface area contributed by atoms with Crippen LogP contribution in [0.25, 0.3) is 0 Å². The Labute approximate surface area is 227 Å². The number of carbonyl (C=O) groups excluding carboxylic acids is 2. The monoisotopic (exact) mass is 558 g/mol. The van der Waals surface area contributed by atoms with Crippen molar-refractivity contribution in [3.05, 3.63) is 82.9 Å². The molecule has 40 heavy (non-hydrogen) atoms. The molecule has 0 saturated carbocycles. The lowest BCUT2D eigenvalue weighted by Crippen LogP contribution is -2.27. The number of esters is 1. The number of nitrogens with zero attached hydrogens (tertiary/aromatic N) is 3. The topological polar surface area (TPSA) is 121 Å². The number of hydrogen-bond donors (Lipinski definition) is 1. The van der Waals surface area contributed by atoms with Crippen molar-refractivity contribution in [1.82, 2.24) is 15.3 Å². The molecule has 1 atom stereocenters. The first-order chi connectivity index (χ1) is 19.1. The highest BCUT2D eigenvalue weighted by Gasteiger charge is 2.40. The van der Waals surface area contributed by atoms with Gasteiger partial charge in [-0.1, -0.05) is 17.3 Å². The molecule has 0 spiro atoms. The molecular formula is C27H25F3N4O6. The molecule has 4 rings (SSSR count). The third kappa shape index (κ3) is 7.46. The quantitative estimate of drug-likeness (QED) is 0.292. The van der Waals surface area contributed by atoms with Crippen molar-refractivity contribution in [2.24, 2.45) is 5.16 Å². The van der Waals surface area contributed by atoms with Crippen LogP contribution in [0.5, 0.6) is 11.5 Å². The fourth-order valence-corrected chi connectivity index (χ4v) is 3.71. The second kappa shape index (κ2) is 12.5. The van der Waals surface area contributed by atoms with Crippen molar-refractivity contribution in [2.75, 3.05) is 20.3 Å². The Bertz CT molecular complexity index is 1380. The van der Waals surface area contributed by atoms with Crippen LogP contribution in [-0.4, -0.2) is 54.1 Å². The molecular weight excluding hydrogens is 533 g/mol. The molecule has 13 heteroatoms.